The number of rotatable bonds is 4. The second-order valence-electron chi connectivity index (χ2n) is 3.67. The summed E-state index contributed by atoms with van der Waals surface area (Å²) < 4.78 is 0. The second kappa shape index (κ2) is 4.78. The van der Waals surface area contributed by atoms with E-state index in [2.05, 4.69) is 24.9 Å². The molecule has 0 aliphatic heterocycles. The molecule has 2 heterocycles. The first kappa shape index (κ1) is 12.0. The van der Waals surface area contributed by atoms with E-state index < -0.39 is 5.92 Å². The van der Waals surface area contributed by atoms with E-state index in [9.17, 15) is 4.79 Å². The minimum atomic E-state index is -0.538. The largest absolute Gasteiger partial charge is 0.368 e. The minimum absolute atomic E-state index is 0.00296. The standard InChI is InChI=1S/C10H13N7O/c1-2-5(6(18)8-13-3-4-14-8)7-15-9(11)17-10(12)16-7/h3-5H,2H2,1H3,(H,13,14)(H4,11,12,15,16,17). The molecule has 18 heavy (non-hydrogen) atoms. The highest BCUT2D eigenvalue weighted by atomic mass is 16.1. The fourth-order valence-corrected chi connectivity index (χ4v) is 1.63. The predicted octanol–water partition coefficient (Wildman–Crippen LogP) is 0.136. The molecule has 0 bridgehead atoms. The molecule has 0 aliphatic carbocycles. The Kier molecular flexibility index (Phi) is 3.18. The van der Waals surface area contributed by atoms with E-state index in [4.69, 9.17) is 11.5 Å². The number of anilines is 2. The molecule has 0 spiro atoms. The topological polar surface area (TPSA) is 136 Å². The predicted molar refractivity (Wildman–Crippen MR) is 64.6 cm³/mol. The molecule has 8 nitrogen and oxygen atoms in total. The smallest absolute Gasteiger partial charge is 0.225 e. The van der Waals surface area contributed by atoms with Gasteiger partial charge in [-0.25, -0.2) is 4.98 Å². The van der Waals surface area contributed by atoms with Crippen LogP contribution >= 0.6 is 0 Å². The average Bonchev–Trinajstić information content (AvgIpc) is 2.81. The van der Waals surface area contributed by atoms with Crippen molar-refractivity contribution < 1.29 is 4.79 Å². The van der Waals surface area contributed by atoms with Crippen molar-refractivity contribution in [1.82, 2.24) is 24.9 Å². The Balaban J connectivity index is 2.36. The van der Waals surface area contributed by atoms with Gasteiger partial charge in [-0.15, -0.1) is 0 Å². The molecule has 0 saturated heterocycles. The lowest BCUT2D eigenvalue weighted by molar-refractivity contribution is 0.0944. The quantitative estimate of drug-likeness (QED) is 0.653. The first-order chi connectivity index (χ1) is 8.61. The molecule has 2 aromatic rings. The second-order valence-corrected chi connectivity index (χ2v) is 3.67. The third-order valence-corrected chi connectivity index (χ3v) is 2.46. The summed E-state index contributed by atoms with van der Waals surface area (Å²) >= 11 is 0. The van der Waals surface area contributed by atoms with Gasteiger partial charge in [-0.1, -0.05) is 6.92 Å². The maximum atomic E-state index is 12.2. The molecule has 5 N–H and O–H groups in total. The molecule has 0 saturated carbocycles. The van der Waals surface area contributed by atoms with Crippen molar-refractivity contribution in [1.29, 1.82) is 0 Å². The first-order valence-corrected chi connectivity index (χ1v) is 5.42. The van der Waals surface area contributed by atoms with Gasteiger partial charge in [0.05, 0.1) is 5.92 Å². The van der Waals surface area contributed by atoms with Crippen LogP contribution in [0.3, 0.4) is 0 Å². The number of nitrogens with one attached hydrogen (secondary N) is 1. The number of aromatic nitrogens is 5. The Hall–Kier alpha value is -2.51. The van der Waals surface area contributed by atoms with Crippen molar-refractivity contribution in [2.24, 2.45) is 0 Å². The van der Waals surface area contributed by atoms with Gasteiger partial charge in [-0.2, -0.15) is 15.0 Å². The van der Waals surface area contributed by atoms with Gasteiger partial charge >= 0.3 is 0 Å². The molecule has 2 aromatic heterocycles. The maximum absolute atomic E-state index is 12.2. The summed E-state index contributed by atoms with van der Waals surface area (Å²) in [6, 6.07) is 0. The van der Waals surface area contributed by atoms with Crippen LogP contribution in [0.1, 0.15) is 35.7 Å². The number of imidazole rings is 1. The van der Waals surface area contributed by atoms with Crippen LogP contribution in [0, 0.1) is 0 Å². The Morgan fingerprint density at radius 1 is 1.33 bits per heavy atom. The van der Waals surface area contributed by atoms with E-state index in [0.717, 1.165) is 0 Å². The van der Waals surface area contributed by atoms with E-state index in [0.29, 0.717) is 6.42 Å². The monoisotopic (exact) mass is 247 g/mol. The van der Waals surface area contributed by atoms with E-state index >= 15 is 0 Å². The first-order valence-electron chi connectivity index (χ1n) is 5.42. The summed E-state index contributed by atoms with van der Waals surface area (Å²) in [5.74, 6) is -0.203. The van der Waals surface area contributed by atoms with Crippen LogP contribution in [-0.2, 0) is 0 Å². The van der Waals surface area contributed by atoms with Crippen molar-refractivity contribution in [2.75, 3.05) is 11.5 Å². The van der Waals surface area contributed by atoms with Gasteiger partial charge < -0.3 is 16.5 Å². The molecule has 1 unspecified atom stereocenters. The maximum Gasteiger partial charge on any atom is 0.225 e. The Labute approximate surface area is 103 Å². The lowest BCUT2D eigenvalue weighted by Crippen LogP contribution is -2.18. The normalized spacial score (nSPS) is 12.3. The third-order valence-electron chi connectivity index (χ3n) is 2.46. The van der Waals surface area contributed by atoms with Crippen LogP contribution in [0.2, 0.25) is 0 Å². The van der Waals surface area contributed by atoms with Crippen molar-refractivity contribution in [3.8, 4) is 0 Å². The number of hydrogen-bond donors (Lipinski definition) is 3. The van der Waals surface area contributed by atoms with Crippen LogP contribution in [-0.4, -0.2) is 30.7 Å². The van der Waals surface area contributed by atoms with Gasteiger partial charge in [-0.05, 0) is 6.42 Å². The number of nitrogen functional groups attached to an aromatic ring is 2. The van der Waals surface area contributed by atoms with Crippen LogP contribution in [0.25, 0.3) is 0 Å². The lowest BCUT2D eigenvalue weighted by Gasteiger charge is -2.11. The van der Waals surface area contributed by atoms with Crippen molar-refractivity contribution in [2.45, 2.75) is 19.3 Å². The van der Waals surface area contributed by atoms with E-state index in [-0.39, 0.29) is 29.3 Å². The van der Waals surface area contributed by atoms with Crippen LogP contribution in [0.5, 0.6) is 0 Å². The highest BCUT2D eigenvalue weighted by Gasteiger charge is 2.25. The number of aromatic amines is 1. The zero-order chi connectivity index (χ0) is 13.1. The Morgan fingerprint density at radius 3 is 2.50 bits per heavy atom. The number of Topliss-reactive ketones (excluding diaryl/α,β-unsaturated/α-hetero) is 1. The molecule has 1 atom stereocenters. The zero-order valence-electron chi connectivity index (χ0n) is 9.79. The van der Waals surface area contributed by atoms with Gasteiger partial charge in [-0.3, -0.25) is 4.79 Å². The average molecular weight is 247 g/mol. The van der Waals surface area contributed by atoms with Crippen LogP contribution in [0.4, 0.5) is 11.9 Å². The molecule has 2 rings (SSSR count). The molecular formula is C10H13N7O. The van der Waals surface area contributed by atoms with Crippen molar-refractivity contribution in [3.63, 3.8) is 0 Å². The van der Waals surface area contributed by atoms with Gasteiger partial charge in [0.1, 0.15) is 5.82 Å². The molecule has 0 aliphatic rings. The molecule has 0 amide bonds. The number of H-pyrrole nitrogens is 1. The van der Waals surface area contributed by atoms with E-state index in [1.165, 1.54) is 6.20 Å². The van der Waals surface area contributed by atoms with Crippen LogP contribution in [0.15, 0.2) is 12.4 Å². The number of carbonyl (C=O) groups is 1. The fraction of sp³-hybridized carbons (Fsp3) is 0.300. The number of hydrogen-bond acceptors (Lipinski definition) is 7. The summed E-state index contributed by atoms with van der Waals surface area (Å²) in [7, 11) is 0. The van der Waals surface area contributed by atoms with Gasteiger partial charge in [0.15, 0.2) is 5.82 Å². The van der Waals surface area contributed by atoms with Gasteiger partial charge in [0, 0.05) is 12.4 Å². The summed E-state index contributed by atoms with van der Waals surface area (Å²) in [6.45, 7) is 1.85. The SMILES string of the molecule is CCC(C(=O)c1ncc[nH]1)c1nc(N)nc(N)n1. The summed E-state index contributed by atoms with van der Waals surface area (Å²) in [6.07, 6.45) is 3.61. The fourth-order valence-electron chi connectivity index (χ4n) is 1.63. The van der Waals surface area contributed by atoms with E-state index in [1.54, 1.807) is 6.20 Å². The number of nitrogens with zero attached hydrogens (tertiary/aromatic N) is 4. The zero-order valence-corrected chi connectivity index (χ0v) is 9.79. The van der Waals surface area contributed by atoms with E-state index in [1.807, 2.05) is 6.92 Å². The lowest BCUT2D eigenvalue weighted by atomic mass is 10.00. The highest BCUT2D eigenvalue weighted by molar-refractivity contribution is 5.97. The summed E-state index contributed by atoms with van der Waals surface area (Å²) in [5.41, 5.74) is 11.0. The Morgan fingerprint density at radius 2 is 2.00 bits per heavy atom. The highest BCUT2D eigenvalue weighted by Crippen LogP contribution is 2.20. The molecular weight excluding hydrogens is 234 g/mol. The number of nitrogens with two attached hydrogens (primary N) is 2. The van der Waals surface area contributed by atoms with Crippen LogP contribution < -0.4 is 11.5 Å². The summed E-state index contributed by atoms with van der Waals surface area (Å²) in [4.78, 5) is 30.4. The van der Waals surface area contributed by atoms with Gasteiger partial charge in [0.2, 0.25) is 17.7 Å². The molecule has 0 radical (unpaired) electrons. The number of carbonyl (C=O) groups excluding carboxylic acids is 1. The number of ketones is 1. The van der Waals surface area contributed by atoms with Crippen molar-refractivity contribution in [3.05, 3.63) is 24.0 Å². The summed E-state index contributed by atoms with van der Waals surface area (Å²) in [5, 5.41) is 0. The minimum Gasteiger partial charge on any atom is -0.368 e. The third kappa shape index (κ3) is 2.26. The molecule has 8 heteroatoms. The molecule has 0 aromatic carbocycles. The molecule has 0 fully saturated rings. The Bertz CT molecular complexity index is 531. The molecule has 94 valence electrons. The van der Waals surface area contributed by atoms with Gasteiger partial charge in [0.25, 0.3) is 0 Å². The van der Waals surface area contributed by atoms with Crippen molar-refractivity contribution >= 4 is 17.7 Å².